The topological polar surface area (TPSA) is 95.1 Å². The van der Waals surface area contributed by atoms with E-state index in [0.29, 0.717) is 16.0 Å². The number of aromatic nitrogens is 2. The Morgan fingerprint density at radius 2 is 1.45 bits per heavy atom. The van der Waals surface area contributed by atoms with Gasteiger partial charge in [0.15, 0.2) is 5.13 Å². The van der Waals surface area contributed by atoms with E-state index in [1.807, 2.05) is 30.3 Å². The van der Waals surface area contributed by atoms with E-state index in [9.17, 15) is 14.7 Å². The van der Waals surface area contributed by atoms with Crippen molar-refractivity contribution in [2.45, 2.75) is 90.4 Å². The van der Waals surface area contributed by atoms with Crippen LogP contribution in [-0.2, 0) is 6.42 Å². The largest absolute Gasteiger partial charge is 0.506 e. The molecule has 40 heavy (non-hydrogen) atoms. The number of amides is 1. The molecule has 0 bridgehead atoms. The highest BCUT2D eigenvalue weighted by Crippen LogP contribution is 2.33. The van der Waals surface area contributed by atoms with Gasteiger partial charge in [-0.05, 0) is 25.0 Å². The van der Waals surface area contributed by atoms with Crippen LogP contribution >= 0.6 is 11.3 Å². The first-order valence-electron chi connectivity index (χ1n) is 14.8. The predicted molar refractivity (Wildman–Crippen MR) is 167 cm³/mol. The molecule has 2 aromatic carbocycles. The molecule has 0 spiro atoms. The third-order valence-electron chi connectivity index (χ3n) is 7.34. The molecule has 0 unspecified atom stereocenters. The first-order valence-corrected chi connectivity index (χ1v) is 15.6. The fraction of sp³-hybridized carbons (Fsp3) is 0.424. The van der Waals surface area contributed by atoms with Gasteiger partial charge in [0.1, 0.15) is 11.3 Å². The van der Waals surface area contributed by atoms with Gasteiger partial charge in [0.25, 0.3) is 11.5 Å². The number of H-pyrrole nitrogens is 1. The molecule has 2 aromatic heterocycles. The summed E-state index contributed by atoms with van der Waals surface area (Å²) in [5.41, 5.74) is 1.40. The van der Waals surface area contributed by atoms with Crippen LogP contribution in [0, 0.1) is 0 Å². The van der Waals surface area contributed by atoms with Crippen LogP contribution in [-0.4, -0.2) is 21.0 Å². The number of para-hydroxylation sites is 1. The SMILES string of the molecule is CCCCCCCCCCCCCCc1sc(NC(=O)c2c(O)c3ccccc3[nH]c2=O)nc1-c1ccccc1. The molecule has 4 rings (SSSR count). The first-order chi connectivity index (χ1) is 19.6. The van der Waals surface area contributed by atoms with Crippen LogP contribution in [0.3, 0.4) is 0 Å². The summed E-state index contributed by atoms with van der Waals surface area (Å²) >= 11 is 1.44. The number of unbranched alkanes of at least 4 members (excludes halogenated alkanes) is 11. The van der Waals surface area contributed by atoms with Crippen molar-refractivity contribution in [3.63, 3.8) is 0 Å². The summed E-state index contributed by atoms with van der Waals surface area (Å²) in [6.45, 7) is 2.26. The van der Waals surface area contributed by atoms with Gasteiger partial charge in [-0.2, -0.15) is 0 Å². The van der Waals surface area contributed by atoms with E-state index < -0.39 is 11.5 Å². The van der Waals surface area contributed by atoms with Crippen LogP contribution in [0.4, 0.5) is 5.13 Å². The second-order valence-corrected chi connectivity index (χ2v) is 11.6. The van der Waals surface area contributed by atoms with Crippen molar-refractivity contribution in [2.75, 3.05) is 5.32 Å². The van der Waals surface area contributed by atoms with E-state index in [-0.39, 0.29) is 11.3 Å². The highest BCUT2D eigenvalue weighted by atomic mass is 32.1. The Hall–Kier alpha value is -3.45. The molecule has 4 aromatic rings. The average molecular weight is 560 g/mol. The second-order valence-electron chi connectivity index (χ2n) is 10.5. The van der Waals surface area contributed by atoms with Crippen molar-refractivity contribution in [2.24, 2.45) is 0 Å². The zero-order valence-corrected chi connectivity index (χ0v) is 24.3. The highest BCUT2D eigenvalue weighted by Gasteiger charge is 2.21. The van der Waals surface area contributed by atoms with Gasteiger partial charge in [0, 0.05) is 15.8 Å². The Morgan fingerprint density at radius 1 is 0.850 bits per heavy atom. The molecule has 0 aliphatic rings. The van der Waals surface area contributed by atoms with Crippen molar-refractivity contribution in [1.82, 2.24) is 9.97 Å². The summed E-state index contributed by atoms with van der Waals surface area (Å²) in [7, 11) is 0. The second kappa shape index (κ2) is 15.4. The molecule has 0 aliphatic heterocycles. The fourth-order valence-electron chi connectivity index (χ4n) is 5.12. The number of pyridine rings is 1. The van der Waals surface area contributed by atoms with Gasteiger partial charge in [-0.25, -0.2) is 4.98 Å². The molecule has 0 fully saturated rings. The van der Waals surface area contributed by atoms with E-state index >= 15 is 0 Å². The number of aryl methyl sites for hydroxylation is 1. The zero-order chi connectivity index (χ0) is 28.2. The minimum absolute atomic E-state index is 0.308. The van der Waals surface area contributed by atoms with Crippen LogP contribution < -0.4 is 10.9 Å². The van der Waals surface area contributed by atoms with Crippen LogP contribution in [0.2, 0.25) is 0 Å². The number of carbonyl (C=O) groups excluding carboxylic acids is 1. The molecule has 212 valence electrons. The molecule has 0 atom stereocenters. The number of aromatic amines is 1. The number of rotatable bonds is 16. The standard InChI is InChI=1S/C33H41N3O3S/c1-2-3-4-5-6-7-8-9-10-11-12-16-23-27-29(24-19-14-13-15-20-24)35-33(40-27)36-32(39)28-30(37)25-21-17-18-22-26(25)34-31(28)38/h13-15,17-22H,2-12,16,23H2,1H3,(H2,34,37,38)(H,35,36,39). The Kier molecular flexibility index (Phi) is 11.3. The number of nitrogens with one attached hydrogen (secondary N) is 2. The van der Waals surface area contributed by atoms with Gasteiger partial charge >= 0.3 is 0 Å². The summed E-state index contributed by atoms with van der Waals surface area (Å²) in [5.74, 6) is -0.997. The average Bonchev–Trinajstić information content (AvgIpc) is 3.36. The van der Waals surface area contributed by atoms with Crippen molar-refractivity contribution in [3.05, 3.63) is 75.4 Å². The normalized spacial score (nSPS) is 11.2. The summed E-state index contributed by atoms with van der Waals surface area (Å²) in [4.78, 5) is 34.3. The molecule has 7 heteroatoms. The van der Waals surface area contributed by atoms with Crippen LogP contribution in [0.25, 0.3) is 22.2 Å². The number of fused-ring (bicyclic) bond motifs is 1. The van der Waals surface area contributed by atoms with Crippen molar-refractivity contribution < 1.29 is 9.90 Å². The number of anilines is 1. The van der Waals surface area contributed by atoms with E-state index in [1.54, 1.807) is 24.3 Å². The van der Waals surface area contributed by atoms with E-state index in [4.69, 9.17) is 4.98 Å². The summed E-state index contributed by atoms with van der Waals surface area (Å²) in [6.07, 6.45) is 16.5. The van der Waals surface area contributed by atoms with Gasteiger partial charge < -0.3 is 10.1 Å². The number of aromatic hydroxyl groups is 1. The molecule has 6 nitrogen and oxygen atoms in total. The van der Waals surface area contributed by atoms with Crippen LogP contribution in [0.15, 0.2) is 59.4 Å². The van der Waals surface area contributed by atoms with E-state index in [1.165, 1.54) is 82.0 Å². The fourth-order valence-corrected chi connectivity index (χ4v) is 6.14. The molecule has 0 aliphatic carbocycles. The number of hydrogen-bond donors (Lipinski definition) is 3. The van der Waals surface area contributed by atoms with E-state index in [0.717, 1.165) is 29.0 Å². The summed E-state index contributed by atoms with van der Waals surface area (Å²) in [6, 6.07) is 16.8. The van der Waals surface area contributed by atoms with Gasteiger partial charge in [0.05, 0.1) is 11.2 Å². The Labute approximate surface area is 240 Å². The number of benzene rings is 2. The van der Waals surface area contributed by atoms with E-state index in [2.05, 4.69) is 17.2 Å². The van der Waals surface area contributed by atoms with Gasteiger partial charge in [0.2, 0.25) is 0 Å². The maximum absolute atomic E-state index is 13.1. The number of carbonyl (C=O) groups is 1. The van der Waals surface area contributed by atoms with Crippen LogP contribution in [0.1, 0.15) is 99.2 Å². The number of nitrogens with zero attached hydrogens (tertiary/aromatic N) is 1. The maximum atomic E-state index is 13.1. The molecule has 0 saturated carbocycles. The monoisotopic (exact) mass is 559 g/mol. The highest BCUT2D eigenvalue weighted by molar-refractivity contribution is 7.16. The quantitative estimate of drug-likeness (QED) is 0.119. The van der Waals surface area contributed by atoms with Gasteiger partial charge in [-0.15, -0.1) is 11.3 Å². The lowest BCUT2D eigenvalue weighted by Crippen LogP contribution is -2.23. The molecule has 3 N–H and O–H groups in total. The lowest BCUT2D eigenvalue weighted by atomic mass is 10.0. The molecular weight excluding hydrogens is 518 g/mol. The molecule has 2 heterocycles. The minimum Gasteiger partial charge on any atom is -0.506 e. The molecule has 1 amide bonds. The number of hydrogen-bond acceptors (Lipinski definition) is 5. The van der Waals surface area contributed by atoms with Gasteiger partial charge in [-0.3, -0.25) is 14.9 Å². The number of thiazole rings is 1. The Balaban J connectivity index is 1.35. The minimum atomic E-state index is -0.672. The van der Waals surface area contributed by atoms with Gasteiger partial charge in [-0.1, -0.05) is 120 Å². The lowest BCUT2D eigenvalue weighted by Gasteiger charge is -2.06. The molecule has 0 radical (unpaired) electrons. The summed E-state index contributed by atoms with van der Waals surface area (Å²) in [5, 5.41) is 14.3. The van der Waals surface area contributed by atoms with Crippen molar-refractivity contribution >= 4 is 33.3 Å². The lowest BCUT2D eigenvalue weighted by molar-refractivity contribution is 0.102. The third kappa shape index (κ3) is 8.04. The van der Waals surface area contributed by atoms with Crippen LogP contribution in [0.5, 0.6) is 5.75 Å². The third-order valence-corrected chi connectivity index (χ3v) is 8.37. The molecular formula is C33H41N3O3S. The Bertz CT molecular complexity index is 1430. The first kappa shape index (κ1) is 29.5. The maximum Gasteiger partial charge on any atom is 0.266 e. The Morgan fingerprint density at radius 3 is 2.12 bits per heavy atom. The van der Waals surface area contributed by atoms with Crippen molar-refractivity contribution in [1.29, 1.82) is 0 Å². The smallest absolute Gasteiger partial charge is 0.266 e. The predicted octanol–water partition coefficient (Wildman–Crippen LogP) is 8.85. The van der Waals surface area contributed by atoms with Crippen molar-refractivity contribution in [3.8, 4) is 17.0 Å². The molecule has 0 saturated heterocycles. The summed E-state index contributed by atoms with van der Waals surface area (Å²) < 4.78 is 0. The zero-order valence-electron chi connectivity index (χ0n) is 23.5.